The summed E-state index contributed by atoms with van der Waals surface area (Å²) in [5.41, 5.74) is 3.19. The maximum atomic E-state index is 13.8. The Morgan fingerprint density at radius 1 is 1.18 bits per heavy atom. The van der Waals surface area contributed by atoms with Gasteiger partial charge in [0.15, 0.2) is 0 Å². The van der Waals surface area contributed by atoms with Gasteiger partial charge in [-0.15, -0.1) is 0 Å². The molecule has 0 spiro atoms. The van der Waals surface area contributed by atoms with Gasteiger partial charge in [0.2, 0.25) is 11.8 Å². The molecule has 3 unspecified atom stereocenters. The minimum atomic E-state index is -0.279. The van der Waals surface area contributed by atoms with Crippen molar-refractivity contribution in [3.63, 3.8) is 0 Å². The molecule has 0 aromatic heterocycles. The Morgan fingerprint density at radius 3 is 2.60 bits per heavy atom. The number of nitrogens with one attached hydrogen (secondary N) is 2. The first-order chi connectivity index (χ1) is 19.4. The van der Waals surface area contributed by atoms with Gasteiger partial charge in [-0.1, -0.05) is 105 Å². The number of hydrogen-bond donors (Lipinski definition) is 2. The Kier molecular flexibility index (Phi) is 12.9. The van der Waals surface area contributed by atoms with Gasteiger partial charge in [-0.25, -0.2) is 0 Å². The van der Waals surface area contributed by atoms with Crippen molar-refractivity contribution in [2.24, 2.45) is 0 Å². The highest BCUT2D eigenvalue weighted by Gasteiger charge is 2.32. The summed E-state index contributed by atoms with van der Waals surface area (Å²) in [6.07, 6.45) is 14.8. The zero-order chi connectivity index (χ0) is 28.7. The second kappa shape index (κ2) is 16.6. The molecule has 1 aliphatic rings. The van der Waals surface area contributed by atoms with Crippen LogP contribution >= 0.6 is 11.6 Å². The Balaban J connectivity index is 1.73. The third-order valence-electron chi connectivity index (χ3n) is 7.14. The van der Waals surface area contributed by atoms with Crippen LogP contribution < -0.4 is 10.6 Å². The van der Waals surface area contributed by atoms with Gasteiger partial charge in [0.25, 0.3) is 0 Å². The van der Waals surface area contributed by atoms with Gasteiger partial charge in [0.1, 0.15) is 0 Å². The van der Waals surface area contributed by atoms with Crippen molar-refractivity contribution >= 4 is 29.5 Å². The fourth-order valence-electron chi connectivity index (χ4n) is 4.99. The molecule has 40 heavy (non-hydrogen) atoms. The lowest BCUT2D eigenvalue weighted by molar-refractivity contribution is -0.133. The Labute approximate surface area is 244 Å². The number of allylic oxidation sites excluding steroid dienone is 4. The maximum Gasteiger partial charge on any atom is 0.244 e. The highest BCUT2D eigenvalue weighted by molar-refractivity contribution is 6.30. The van der Waals surface area contributed by atoms with Gasteiger partial charge >= 0.3 is 0 Å². The topological polar surface area (TPSA) is 61.4 Å². The third kappa shape index (κ3) is 9.65. The van der Waals surface area contributed by atoms with E-state index in [1.807, 2.05) is 54.3 Å². The van der Waals surface area contributed by atoms with Crippen LogP contribution in [-0.2, 0) is 9.59 Å². The molecule has 1 aliphatic heterocycles. The number of rotatable bonds is 13. The fourth-order valence-corrected chi connectivity index (χ4v) is 5.12. The van der Waals surface area contributed by atoms with E-state index in [4.69, 9.17) is 11.6 Å². The average Bonchev–Trinajstić information content (AvgIpc) is 3.11. The summed E-state index contributed by atoms with van der Waals surface area (Å²) in [5.74, 6) is -0.00584. The number of amides is 2. The van der Waals surface area contributed by atoms with E-state index in [0.717, 1.165) is 36.8 Å². The SMILES string of the molecule is C=C/C=C(\C=C/C)C(CN1CCC(CNC(=O)/C=C/c2ccc(Cl)cc2)NC(CCCC)C1=O)c1ccccc1. The quantitative estimate of drug-likeness (QED) is 0.212. The molecule has 1 saturated heterocycles. The Bertz CT molecular complexity index is 1190. The number of benzene rings is 2. The zero-order valence-corrected chi connectivity index (χ0v) is 24.4. The summed E-state index contributed by atoms with van der Waals surface area (Å²) in [5, 5.41) is 7.24. The molecule has 2 aromatic rings. The first-order valence-electron chi connectivity index (χ1n) is 14.2. The molecule has 6 heteroatoms. The smallest absolute Gasteiger partial charge is 0.244 e. The minimum Gasteiger partial charge on any atom is -0.351 e. The molecule has 0 saturated carbocycles. The molecule has 0 aliphatic carbocycles. The van der Waals surface area contributed by atoms with Crippen LogP contribution in [0, 0.1) is 0 Å². The van der Waals surface area contributed by atoms with Gasteiger partial charge in [-0.3, -0.25) is 9.59 Å². The van der Waals surface area contributed by atoms with Crippen LogP contribution in [0.3, 0.4) is 0 Å². The van der Waals surface area contributed by atoms with E-state index in [2.05, 4.69) is 42.3 Å². The van der Waals surface area contributed by atoms with Gasteiger partial charge in [0.05, 0.1) is 6.04 Å². The number of carbonyl (C=O) groups excluding carboxylic acids is 2. The second-order valence-corrected chi connectivity index (χ2v) is 10.6. The van der Waals surface area contributed by atoms with Crippen molar-refractivity contribution in [3.05, 3.63) is 113 Å². The highest BCUT2D eigenvalue weighted by Crippen LogP contribution is 2.28. The van der Waals surface area contributed by atoms with Crippen LogP contribution in [0.4, 0.5) is 0 Å². The predicted molar refractivity (Wildman–Crippen MR) is 167 cm³/mol. The zero-order valence-electron chi connectivity index (χ0n) is 23.7. The van der Waals surface area contributed by atoms with E-state index in [9.17, 15) is 9.59 Å². The van der Waals surface area contributed by atoms with Crippen molar-refractivity contribution in [3.8, 4) is 0 Å². The number of halogens is 1. The molecule has 2 aromatic carbocycles. The van der Waals surface area contributed by atoms with Crippen molar-refractivity contribution in [2.45, 2.75) is 57.5 Å². The number of unbranched alkanes of at least 4 members (excludes halogenated alkanes) is 1. The first kappa shape index (κ1) is 31.1. The highest BCUT2D eigenvalue weighted by atomic mass is 35.5. The molecule has 3 rings (SSSR count). The lowest BCUT2D eigenvalue weighted by Crippen LogP contribution is -2.49. The maximum absolute atomic E-state index is 13.8. The molecule has 3 atom stereocenters. The molecule has 2 amide bonds. The lowest BCUT2D eigenvalue weighted by atomic mass is 9.89. The minimum absolute atomic E-state index is 0.00223. The van der Waals surface area contributed by atoms with Crippen LogP contribution in [0.15, 0.2) is 97.1 Å². The molecular formula is C34H42ClN3O2. The third-order valence-corrected chi connectivity index (χ3v) is 7.39. The molecule has 212 valence electrons. The monoisotopic (exact) mass is 559 g/mol. The van der Waals surface area contributed by atoms with Crippen LogP contribution in [-0.4, -0.2) is 48.4 Å². The number of hydrogen-bond acceptors (Lipinski definition) is 3. The van der Waals surface area contributed by atoms with Crippen LogP contribution in [0.5, 0.6) is 0 Å². The molecule has 1 fully saturated rings. The van der Waals surface area contributed by atoms with Crippen molar-refractivity contribution in [1.29, 1.82) is 0 Å². The molecule has 1 heterocycles. The van der Waals surface area contributed by atoms with E-state index in [-0.39, 0.29) is 29.8 Å². The summed E-state index contributed by atoms with van der Waals surface area (Å²) in [7, 11) is 0. The van der Waals surface area contributed by atoms with Crippen molar-refractivity contribution < 1.29 is 9.59 Å². The molecule has 0 radical (unpaired) electrons. The lowest BCUT2D eigenvalue weighted by Gasteiger charge is -2.30. The fraction of sp³-hybridized carbons (Fsp3) is 0.353. The number of carbonyl (C=O) groups is 2. The average molecular weight is 560 g/mol. The predicted octanol–water partition coefficient (Wildman–Crippen LogP) is 6.69. The molecule has 0 bridgehead atoms. The van der Waals surface area contributed by atoms with E-state index in [0.29, 0.717) is 24.7 Å². The van der Waals surface area contributed by atoms with Crippen molar-refractivity contribution in [2.75, 3.05) is 19.6 Å². The van der Waals surface area contributed by atoms with Crippen LogP contribution in [0.25, 0.3) is 6.08 Å². The molecule has 2 N–H and O–H groups in total. The van der Waals surface area contributed by atoms with Crippen molar-refractivity contribution in [1.82, 2.24) is 15.5 Å². The van der Waals surface area contributed by atoms with E-state index in [1.165, 1.54) is 11.6 Å². The van der Waals surface area contributed by atoms with E-state index < -0.39 is 0 Å². The van der Waals surface area contributed by atoms with Crippen LogP contribution in [0.2, 0.25) is 5.02 Å². The van der Waals surface area contributed by atoms with Gasteiger partial charge < -0.3 is 15.5 Å². The van der Waals surface area contributed by atoms with Crippen LogP contribution in [0.1, 0.15) is 56.6 Å². The molecular weight excluding hydrogens is 518 g/mol. The van der Waals surface area contributed by atoms with Gasteiger partial charge in [-0.2, -0.15) is 0 Å². The molecule has 5 nitrogen and oxygen atoms in total. The van der Waals surface area contributed by atoms with E-state index in [1.54, 1.807) is 24.3 Å². The summed E-state index contributed by atoms with van der Waals surface area (Å²) >= 11 is 5.94. The van der Waals surface area contributed by atoms with Gasteiger partial charge in [0, 0.05) is 42.7 Å². The normalized spacial score (nSPS) is 19.1. The standard InChI is InChI=1S/C34H42ClN3O2/c1-4-7-15-32-34(40)38(25-31(27(11-5-2)12-6-3)28-13-9-8-10-14-28)23-22-30(37-32)24-36-33(39)21-18-26-16-19-29(35)20-17-26/h5-6,8-14,16-21,30-32,37H,2,4,7,15,22-25H2,1,3H3,(H,36,39)/b12-6-,21-18+,27-11+. The first-order valence-corrected chi connectivity index (χ1v) is 14.6. The number of nitrogens with zero attached hydrogens (tertiary/aromatic N) is 1. The Hall–Kier alpha value is -3.41. The largest absolute Gasteiger partial charge is 0.351 e. The summed E-state index contributed by atoms with van der Waals surface area (Å²) in [6.45, 7) is 9.71. The summed E-state index contributed by atoms with van der Waals surface area (Å²) in [4.78, 5) is 28.4. The second-order valence-electron chi connectivity index (χ2n) is 10.1. The van der Waals surface area contributed by atoms with Gasteiger partial charge in [-0.05, 0) is 54.7 Å². The summed E-state index contributed by atoms with van der Waals surface area (Å²) in [6, 6.07) is 17.4. The summed E-state index contributed by atoms with van der Waals surface area (Å²) < 4.78 is 0. The Morgan fingerprint density at radius 2 is 1.93 bits per heavy atom. The van der Waals surface area contributed by atoms with E-state index >= 15 is 0 Å².